The lowest BCUT2D eigenvalue weighted by molar-refractivity contribution is 0.117. The van der Waals surface area contributed by atoms with Crippen molar-refractivity contribution < 1.29 is 0 Å². The number of hydrogen-bond donors (Lipinski definition) is 1. The van der Waals surface area contributed by atoms with Crippen molar-refractivity contribution in [3.05, 3.63) is 0 Å². The van der Waals surface area contributed by atoms with Crippen LogP contribution < -0.4 is 5.32 Å². The molecule has 0 aromatic carbocycles. The molecule has 1 N–H and O–H groups in total. The van der Waals surface area contributed by atoms with Crippen molar-refractivity contribution in [3.63, 3.8) is 0 Å². The Balaban J connectivity index is 1.94. The van der Waals surface area contributed by atoms with Crippen molar-refractivity contribution in [1.82, 2.24) is 15.1 Å². The largest absolute Gasteiger partial charge is 0.317 e. The molecular weight excluding hydrogens is 246 g/mol. The number of nitrogens with one attached hydrogen (secondary N) is 1. The van der Waals surface area contributed by atoms with E-state index in [1.165, 1.54) is 58.3 Å². The minimum absolute atomic E-state index is 0.710. The molecule has 20 heavy (non-hydrogen) atoms. The molecule has 0 bridgehead atoms. The van der Waals surface area contributed by atoms with Gasteiger partial charge in [0.1, 0.15) is 0 Å². The zero-order valence-electron chi connectivity index (χ0n) is 14.1. The second kappa shape index (κ2) is 7.77. The lowest BCUT2D eigenvalue weighted by Gasteiger charge is -2.40. The summed E-state index contributed by atoms with van der Waals surface area (Å²) in [6.07, 6.45) is 6.93. The first-order valence-electron chi connectivity index (χ1n) is 8.73. The fourth-order valence-electron chi connectivity index (χ4n) is 4.31. The number of likely N-dealkylation sites (N-methyl/N-ethyl adjacent to an activating group) is 1. The Labute approximate surface area is 126 Å². The van der Waals surface area contributed by atoms with Crippen LogP contribution in [-0.4, -0.2) is 62.2 Å². The van der Waals surface area contributed by atoms with Crippen molar-refractivity contribution in [2.75, 3.05) is 40.3 Å². The zero-order valence-corrected chi connectivity index (χ0v) is 14.1. The Bertz CT molecular complexity index is 281. The second-order valence-electron chi connectivity index (χ2n) is 7.20. The molecule has 0 aromatic rings. The molecule has 0 aromatic heterocycles. The van der Waals surface area contributed by atoms with Gasteiger partial charge in [0.15, 0.2) is 0 Å². The summed E-state index contributed by atoms with van der Waals surface area (Å²) in [7, 11) is 4.42. The normalized spacial score (nSPS) is 37.8. The van der Waals surface area contributed by atoms with Crippen molar-refractivity contribution in [2.24, 2.45) is 11.8 Å². The maximum absolute atomic E-state index is 3.59. The molecule has 118 valence electrons. The van der Waals surface area contributed by atoms with Gasteiger partial charge >= 0.3 is 0 Å². The summed E-state index contributed by atoms with van der Waals surface area (Å²) in [4.78, 5) is 5.26. The van der Waals surface area contributed by atoms with Gasteiger partial charge in [-0.1, -0.05) is 13.3 Å². The van der Waals surface area contributed by atoms with Gasteiger partial charge in [0, 0.05) is 25.2 Å². The maximum Gasteiger partial charge on any atom is 0.0194 e. The van der Waals surface area contributed by atoms with Crippen molar-refractivity contribution in [3.8, 4) is 0 Å². The van der Waals surface area contributed by atoms with Gasteiger partial charge in [-0.3, -0.25) is 4.90 Å². The van der Waals surface area contributed by atoms with Crippen molar-refractivity contribution >= 4 is 0 Å². The molecule has 1 saturated carbocycles. The summed E-state index contributed by atoms with van der Waals surface area (Å²) in [5, 5.41) is 3.59. The zero-order chi connectivity index (χ0) is 14.5. The molecule has 1 aliphatic carbocycles. The summed E-state index contributed by atoms with van der Waals surface area (Å²) < 4.78 is 0. The molecule has 3 nitrogen and oxygen atoms in total. The van der Waals surface area contributed by atoms with E-state index in [2.05, 4.69) is 43.1 Å². The van der Waals surface area contributed by atoms with E-state index in [-0.39, 0.29) is 0 Å². The highest BCUT2D eigenvalue weighted by Crippen LogP contribution is 2.32. The lowest BCUT2D eigenvalue weighted by atomic mass is 9.76. The molecule has 2 aliphatic rings. The van der Waals surface area contributed by atoms with E-state index >= 15 is 0 Å². The van der Waals surface area contributed by atoms with Crippen LogP contribution in [0.25, 0.3) is 0 Å². The average Bonchev–Trinajstić information content (AvgIpc) is 2.60. The number of nitrogens with zero attached hydrogens (tertiary/aromatic N) is 2. The smallest absolute Gasteiger partial charge is 0.0194 e. The summed E-state index contributed by atoms with van der Waals surface area (Å²) in [5.41, 5.74) is 0. The van der Waals surface area contributed by atoms with Crippen LogP contribution in [0.4, 0.5) is 0 Å². The van der Waals surface area contributed by atoms with E-state index in [1.54, 1.807) is 0 Å². The predicted molar refractivity (Wildman–Crippen MR) is 87.1 cm³/mol. The highest BCUT2D eigenvalue weighted by Gasteiger charge is 2.31. The van der Waals surface area contributed by atoms with E-state index in [0.29, 0.717) is 6.04 Å². The second-order valence-corrected chi connectivity index (χ2v) is 7.20. The van der Waals surface area contributed by atoms with E-state index in [1.807, 2.05) is 0 Å². The van der Waals surface area contributed by atoms with Gasteiger partial charge in [0.2, 0.25) is 0 Å². The monoisotopic (exact) mass is 281 g/mol. The molecule has 0 spiro atoms. The van der Waals surface area contributed by atoms with Crippen LogP contribution in [0.2, 0.25) is 0 Å². The van der Waals surface area contributed by atoms with E-state index in [4.69, 9.17) is 0 Å². The fraction of sp³-hybridized carbons (Fsp3) is 1.00. The minimum atomic E-state index is 0.710. The van der Waals surface area contributed by atoms with Crippen LogP contribution in [0.3, 0.4) is 0 Å². The molecule has 0 amide bonds. The van der Waals surface area contributed by atoms with Gasteiger partial charge < -0.3 is 10.2 Å². The van der Waals surface area contributed by atoms with Crippen LogP contribution in [0, 0.1) is 11.8 Å². The fourth-order valence-corrected chi connectivity index (χ4v) is 4.31. The van der Waals surface area contributed by atoms with E-state index in [0.717, 1.165) is 17.9 Å². The quantitative estimate of drug-likeness (QED) is 0.854. The number of rotatable bonds is 4. The highest BCUT2D eigenvalue weighted by atomic mass is 15.2. The maximum atomic E-state index is 3.59. The molecule has 4 unspecified atom stereocenters. The van der Waals surface area contributed by atoms with E-state index in [9.17, 15) is 0 Å². The van der Waals surface area contributed by atoms with E-state index < -0.39 is 0 Å². The standard InChI is InChI=1S/C17H35N3/c1-5-15-7-8-17(18-3)16(11-15)13-20-10-6-9-19(4)12-14(20)2/h14-18H,5-13H2,1-4H3. The first kappa shape index (κ1) is 16.3. The van der Waals surface area contributed by atoms with Crippen LogP contribution in [0.5, 0.6) is 0 Å². The summed E-state index contributed by atoms with van der Waals surface area (Å²) in [6.45, 7) is 9.86. The Hall–Kier alpha value is -0.120. The Morgan fingerprint density at radius 3 is 2.70 bits per heavy atom. The van der Waals surface area contributed by atoms with Crippen molar-refractivity contribution in [2.45, 2.75) is 58.0 Å². The molecule has 0 radical (unpaired) electrons. The van der Waals surface area contributed by atoms with Gasteiger partial charge in [-0.25, -0.2) is 0 Å². The van der Waals surface area contributed by atoms with Crippen LogP contribution >= 0.6 is 0 Å². The topological polar surface area (TPSA) is 18.5 Å². The Morgan fingerprint density at radius 2 is 2.00 bits per heavy atom. The molecule has 2 fully saturated rings. The first-order chi connectivity index (χ1) is 9.63. The SMILES string of the molecule is CCC1CCC(NC)C(CN2CCCN(C)CC2C)C1. The Kier molecular flexibility index (Phi) is 6.31. The first-order valence-corrected chi connectivity index (χ1v) is 8.73. The molecule has 2 rings (SSSR count). The van der Waals surface area contributed by atoms with Gasteiger partial charge in [0.05, 0.1) is 0 Å². The molecule has 1 heterocycles. The molecule has 1 saturated heterocycles. The average molecular weight is 281 g/mol. The third kappa shape index (κ3) is 4.19. The lowest BCUT2D eigenvalue weighted by Crippen LogP contribution is -2.47. The summed E-state index contributed by atoms with van der Waals surface area (Å²) >= 11 is 0. The van der Waals surface area contributed by atoms with Crippen molar-refractivity contribution in [1.29, 1.82) is 0 Å². The highest BCUT2D eigenvalue weighted by molar-refractivity contribution is 4.87. The van der Waals surface area contributed by atoms with Crippen LogP contribution in [-0.2, 0) is 0 Å². The molecule has 4 atom stereocenters. The van der Waals surface area contributed by atoms with Gasteiger partial charge in [-0.15, -0.1) is 0 Å². The van der Waals surface area contributed by atoms with Gasteiger partial charge in [-0.05, 0) is 71.6 Å². The third-order valence-electron chi connectivity index (χ3n) is 5.69. The number of hydrogen-bond acceptors (Lipinski definition) is 3. The Morgan fingerprint density at radius 1 is 1.20 bits per heavy atom. The van der Waals surface area contributed by atoms with Crippen LogP contribution in [0.1, 0.15) is 46.0 Å². The predicted octanol–water partition coefficient (Wildman–Crippen LogP) is 2.43. The minimum Gasteiger partial charge on any atom is -0.317 e. The summed E-state index contributed by atoms with van der Waals surface area (Å²) in [6, 6.07) is 1.45. The molecular formula is C17H35N3. The van der Waals surface area contributed by atoms with Gasteiger partial charge in [-0.2, -0.15) is 0 Å². The summed E-state index contributed by atoms with van der Waals surface area (Å²) in [5.74, 6) is 1.82. The third-order valence-corrected chi connectivity index (χ3v) is 5.69. The molecule has 3 heteroatoms. The van der Waals surface area contributed by atoms with Crippen LogP contribution in [0.15, 0.2) is 0 Å². The molecule has 1 aliphatic heterocycles. The van der Waals surface area contributed by atoms with Gasteiger partial charge in [0.25, 0.3) is 0 Å².